The second kappa shape index (κ2) is 13.6. The lowest BCUT2D eigenvalue weighted by atomic mass is 9.85. The van der Waals surface area contributed by atoms with Crippen LogP contribution in [0.5, 0.6) is 0 Å². The van der Waals surface area contributed by atoms with Crippen LogP contribution in [0, 0.1) is 12.8 Å². The van der Waals surface area contributed by atoms with Crippen molar-refractivity contribution < 1.29 is 50.9 Å². The topological polar surface area (TPSA) is 118 Å². The Bertz CT molecular complexity index is 1030. The Morgan fingerprint density at radius 3 is 2.16 bits per heavy atom. The molecule has 1 atom stereocenters. The predicted molar refractivity (Wildman–Crippen MR) is 120 cm³/mol. The third-order valence-electron chi connectivity index (χ3n) is 5.69. The lowest BCUT2D eigenvalue weighted by molar-refractivity contribution is -0.193. The second-order valence-corrected chi connectivity index (χ2v) is 8.80. The summed E-state index contributed by atoms with van der Waals surface area (Å²) in [5.41, 5.74) is 3.34. The molecule has 0 saturated heterocycles. The first-order chi connectivity index (χ1) is 17.7. The maximum Gasteiger partial charge on any atom is 0.490 e. The third-order valence-corrected chi connectivity index (χ3v) is 5.69. The number of carboxylic acid groups (broad SMARTS) is 2. The van der Waals surface area contributed by atoms with Crippen LogP contribution in [0.1, 0.15) is 42.4 Å². The average molecular weight is 554 g/mol. The molecule has 3 heterocycles. The van der Waals surface area contributed by atoms with Crippen LogP contribution < -0.4 is 0 Å². The molecule has 212 valence electrons. The molecule has 38 heavy (non-hydrogen) atoms. The number of rotatable bonds is 6. The molecule has 2 N–H and O–H groups in total. The molecule has 9 nitrogen and oxygen atoms in total. The van der Waals surface area contributed by atoms with Gasteiger partial charge in [-0.3, -0.25) is 14.6 Å². The van der Waals surface area contributed by atoms with E-state index in [1.165, 1.54) is 31.5 Å². The van der Waals surface area contributed by atoms with Crippen LogP contribution >= 0.6 is 0 Å². The fourth-order valence-corrected chi connectivity index (χ4v) is 3.75. The van der Waals surface area contributed by atoms with Gasteiger partial charge in [-0.15, -0.1) is 0 Å². The first-order valence-corrected chi connectivity index (χ1v) is 11.5. The molecule has 1 fully saturated rings. The minimum Gasteiger partial charge on any atom is -0.475 e. The van der Waals surface area contributed by atoms with E-state index in [0.29, 0.717) is 19.3 Å². The highest BCUT2D eigenvalue weighted by molar-refractivity contribution is 5.73. The number of hydrogen-bond donors (Lipinski definition) is 2. The van der Waals surface area contributed by atoms with Gasteiger partial charge in [0.05, 0.1) is 30.6 Å². The zero-order valence-corrected chi connectivity index (χ0v) is 20.4. The van der Waals surface area contributed by atoms with Gasteiger partial charge < -0.3 is 14.9 Å². The number of aliphatic carboxylic acids is 2. The number of alkyl halides is 6. The highest BCUT2D eigenvalue weighted by Crippen LogP contribution is 2.30. The van der Waals surface area contributed by atoms with Crippen molar-refractivity contribution in [3.8, 4) is 0 Å². The molecular formula is C23H28F6N4O5. The van der Waals surface area contributed by atoms with Gasteiger partial charge in [-0.1, -0.05) is 12.5 Å². The van der Waals surface area contributed by atoms with E-state index in [1.54, 1.807) is 0 Å². The molecule has 2 aliphatic rings. The number of nitrogens with zero attached hydrogens (tertiary/aromatic N) is 4. The fourth-order valence-electron chi connectivity index (χ4n) is 3.75. The molecule has 1 saturated carbocycles. The van der Waals surface area contributed by atoms with Crippen LogP contribution in [0.4, 0.5) is 26.3 Å². The Labute approximate surface area is 214 Å². The van der Waals surface area contributed by atoms with Gasteiger partial charge in [0.2, 0.25) is 0 Å². The normalized spacial score (nSPS) is 17.7. The molecule has 1 unspecified atom stereocenters. The van der Waals surface area contributed by atoms with Crippen molar-refractivity contribution in [3.63, 3.8) is 0 Å². The molecule has 2 aromatic heterocycles. The van der Waals surface area contributed by atoms with Crippen molar-refractivity contribution in [2.75, 3.05) is 19.7 Å². The van der Waals surface area contributed by atoms with Crippen LogP contribution in [0.15, 0.2) is 30.5 Å². The van der Waals surface area contributed by atoms with Gasteiger partial charge in [0, 0.05) is 31.5 Å². The van der Waals surface area contributed by atoms with Gasteiger partial charge in [-0.25, -0.2) is 9.59 Å². The summed E-state index contributed by atoms with van der Waals surface area (Å²) in [7, 11) is 0. The van der Waals surface area contributed by atoms with Crippen molar-refractivity contribution in [1.29, 1.82) is 0 Å². The van der Waals surface area contributed by atoms with Crippen LogP contribution in [-0.2, 0) is 27.5 Å². The Hall–Kier alpha value is -3.20. The predicted octanol–water partition coefficient (Wildman–Crippen LogP) is 4.23. The number of pyridine rings is 1. The number of aromatic nitrogens is 3. The fraction of sp³-hybridized carbons (Fsp3) is 0.565. The first kappa shape index (κ1) is 31.0. The van der Waals surface area contributed by atoms with Crippen LogP contribution in [0.2, 0.25) is 0 Å². The quantitative estimate of drug-likeness (QED) is 0.510. The van der Waals surface area contributed by atoms with Gasteiger partial charge in [0.15, 0.2) is 0 Å². The van der Waals surface area contributed by atoms with Crippen LogP contribution in [-0.4, -0.2) is 73.9 Å². The molecule has 0 bridgehead atoms. The van der Waals surface area contributed by atoms with E-state index >= 15 is 0 Å². The summed E-state index contributed by atoms with van der Waals surface area (Å²) < 4.78 is 71.6. The van der Waals surface area contributed by atoms with Gasteiger partial charge >= 0.3 is 24.3 Å². The Kier molecular flexibility index (Phi) is 11.1. The van der Waals surface area contributed by atoms with E-state index in [4.69, 9.17) is 24.5 Å². The summed E-state index contributed by atoms with van der Waals surface area (Å²) in [4.78, 5) is 24.9. The van der Waals surface area contributed by atoms with E-state index in [0.717, 1.165) is 30.4 Å². The van der Waals surface area contributed by atoms with E-state index in [1.807, 2.05) is 31.3 Å². The van der Waals surface area contributed by atoms with E-state index in [2.05, 4.69) is 25.7 Å². The van der Waals surface area contributed by atoms with Gasteiger partial charge in [0.1, 0.15) is 0 Å². The summed E-state index contributed by atoms with van der Waals surface area (Å²) in [6.45, 7) is 6.54. The smallest absolute Gasteiger partial charge is 0.475 e. The van der Waals surface area contributed by atoms with Crippen molar-refractivity contribution in [1.82, 2.24) is 19.7 Å². The van der Waals surface area contributed by atoms with Crippen LogP contribution in [0.25, 0.3) is 0 Å². The molecule has 0 spiro atoms. The standard InChI is InChI=1S/C19H26N4O.2C2HF3O2/c1-15-4-2-7-17(21-15)13-24-14-19-12-22(10-16-5-3-6-16)11-18-8-9-20-23(18)19;2*3-2(4,5)1(6)7/h2,4,7-9,16,19H,3,5-6,10-14H2,1H3;2*(H,6,7). The zero-order valence-electron chi connectivity index (χ0n) is 20.4. The van der Waals surface area contributed by atoms with E-state index in [9.17, 15) is 26.3 Å². The zero-order chi connectivity index (χ0) is 28.5. The average Bonchev–Trinajstić information content (AvgIpc) is 3.25. The lowest BCUT2D eigenvalue weighted by Gasteiger charge is -2.38. The van der Waals surface area contributed by atoms with E-state index < -0.39 is 24.3 Å². The number of aryl methyl sites for hydroxylation is 1. The Morgan fingerprint density at radius 1 is 1.05 bits per heavy atom. The summed E-state index contributed by atoms with van der Waals surface area (Å²) >= 11 is 0. The number of hydrogen-bond acceptors (Lipinski definition) is 6. The Morgan fingerprint density at radius 2 is 1.66 bits per heavy atom. The Balaban J connectivity index is 0.000000301. The first-order valence-electron chi connectivity index (χ1n) is 11.5. The largest absolute Gasteiger partial charge is 0.490 e. The maximum atomic E-state index is 10.6. The van der Waals surface area contributed by atoms with Crippen LogP contribution in [0.3, 0.4) is 0 Å². The molecule has 0 amide bonds. The van der Waals surface area contributed by atoms with Crippen molar-refractivity contribution >= 4 is 11.9 Å². The molecule has 15 heteroatoms. The lowest BCUT2D eigenvalue weighted by Crippen LogP contribution is -2.42. The van der Waals surface area contributed by atoms with Crippen molar-refractivity contribution in [3.05, 3.63) is 47.5 Å². The second-order valence-electron chi connectivity index (χ2n) is 8.80. The van der Waals surface area contributed by atoms with Crippen molar-refractivity contribution in [2.24, 2.45) is 5.92 Å². The molecule has 0 radical (unpaired) electrons. The summed E-state index contributed by atoms with van der Waals surface area (Å²) in [5, 5.41) is 18.8. The minimum atomic E-state index is -5.08. The van der Waals surface area contributed by atoms with E-state index in [-0.39, 0.29) is 0 Å². The summed E-state index contributed by atoms with van der Waals surface area (Å²) in [6.07, 6.45) is -4.05. The van der Waals surface area contributed by atoms with Gasteiger partial charge in [0.25, 0.3) is 0 Å². The molecule has 1 aliphatic heterocycles. The minimum absolute atomic E-state index is 0.300. The highest BCUT2D eigenvalue weighted by atomic mass is 19.4. The number of halogens is 6. The summed E-state index contributed by atoms with van der Waals surface area (Å²) in [5.74, 6) is -4.61. The SMILES string of the molecule is Cc1cccc(COCC2CN(CC3CCC3)Cc3ccnn32)n1.O=C(O)C(F)(F)F.O=C(O)C(F)(F)F. The van der Waals surface area contributed by atoms with Crippen molar-refractivity contribution in [2.45, 2.75) is 57.7 Å². The summed E-state index contributed by atoms with van der Waals surface area (Å²) in [6, 6.07) is 8.51. The number of carboxylic acids is 2. The molecule has 2 aromatic rings. The number of carbonyl (C=O) groups is 2. The number of ether oxygens (including phenoxy) is 1. The molecule has 1 aliphatic carbocycles. The highest BCUT2D eigenvalue weighted by Gasteiger charge is 2.39. The molecule has 0 aromatic carbocycles. The molecule has 4 rings (SSSR count). The van der Waals surface area contributed by atoms with Gasteiger partial charge in [-0.05, 0) is 43.9 Å². The van der Waals surface area contributed by atoms with Gasteiger partial charge in [-0.2, -0.15) is 31.4 Å². The molecular weight excluding hydrogens is 526 g/mol. The third kappa shape index (κ3) is 10.3. The number of fused-ring (bicyclic) bond motifs is 1. The maximum absolute atomic E-state index is 10.6. The monoisotopic (exact) mass is 554 g/mol.